The fourth-order valence-electron chi connectivity index (χ4n) is 2.31. The Balaban J connectivity index is 2.18. The zero-order valence-corrected chi connectivity index (χ0v) is 11.4. The maximum Gasteiger partial charge on any atom is 0.211 e. The summed E-state index contributed by atoms with van der Waals surface area (Å²) in [5, 5.41) is 2.69. The largest absolute Gasteiger partial charge is 0.329 e. The Hall–Kier alpha value is -2.94. The average Bonchev–Trinajstić information content (AvgIpc) is 2.57. The van der Waals surface area contributed by atoms with Gasteiger partial charge in [-0.2, -0.15) is 0 Å². The van der Waals surface area contributed by atoms with Crippen LogP contribution in [0.15, 0.2) is 72.9 Å². The molecular weight excluding hydrogens is 260 g/mol. The molecule has 0 aliphatic heterocycles. The first kappa shape index (κ1) is 13.1. The van der Waals surface area contributed by atoms with Gasteiger partial charge >= 0.3 is 0 Å². The van der Waals surface area contributed by atoms with Crippen LogP contribution in [0.2, 0.25) is 0 Å². The van der Waals surface area contributed by atoms with Crippen molar-refractivity contribution in [2.24, 2.45) is 0 Å². The smallest absolute Gasteiger partial charge is 0.211 e. The number of pyridine rings is 1. The monoisotopic (exact) mass is 274 g/mol. The van der Waals surface area contributed by atoms with Gasteiger partial charge in [0.1, 0.15) is 0 Å². The predicted molar refractivity (Wildman–Crippen MR) is 84.8 cm³/mol. The molecule has 3 heteroatoms. The Morgan fingerprint density at radius 2 is 1.67 bits per heavy atom. The number of aromatic nitrogens is 1. The fourth-order valence-corrected chi connectivity index (χ4v) is 2.31. The number of amides is 1. The van der Waals surface area contributed by atoms with Crippen LogP contribution < -0.4 is 5.32 Å². The average molecular weight is 274 g/mol. The number of nitrogens with one attached hydrogen (secondary N) is 1. The van der Waals surface area contributed by atoms with Crippen LogP contribution in [-0.2, 0) is 4.79 Å². The van der Waals surface area contributed by atoms with Gasteiger partial charge in [0.05, 0.1) is 5.69 Å². The SMILES string of the molecule is O=CNc1ccc(-c2ccccc2)c(-c2ccccn2)c1. The highest BCUT2D eigenvalue weighted by molar-refractivity contribution is 5.86. The number of nitrogens with zero attached hydrogens (tertiary/aromatic N) is 1. The molecule has 102 valence electrons. The highest BCUT2D eigenvalue weighted by atomic mass is 16.1. The van der Waals surface area contributed by atoms with E-state index in [2.05, 4.69) is 22.4 Å². The molecule has 3 rings (SSSR count). The molecule has 0 atom stereocenters. The third-order valence-corrected chi connectivity index (χ3v) is 3.27. The van der Waals surface area contributed by atoms with E-state index in [1.807, 2.05) is 54.6 Å². The quantitative estimate of drug-likeness (QED) is 0.731. The molecule has 0 fully saturated rings. The van der Waals surface area contributed by atoms with E-state index in [0.717, 1.165) is 28.1 Å². The van der Waals surface area contributed by atoms with Crippen molar-refractivity contribution in [1.29, 1.82) is 0 Å². The zero-order chi connectivity index (χ0) is 14.5. The molecule has 21 heavy (non-hydrogen) atoms. The first-order valence-corrected chi connectivity index (χ1v) is 6.69. The molecule has 0 spiro atoms. The first-order valence-electron chi connectivity index (χ1n) is 6.69. The fraction of sp³-hybridized carbons (Fsp3) is 0. The molecule has 3 nitrogen and oxygen atoms in total. The van der Waals surface area contributed by atoms with Gasteiger partial charge in [-0.25, -0.2) is 0 Å². The minimum Gasteiger partial charge on any atom is -0.329 e. The van der Waals surface area contributed by atoms with Gasteiger partial charge < -0.3 is 5.32 Å². The van der Waals surface area contributed by atoms with Crippen LogP contribution in [0.4, 0.5) is 5.69 Å². The lowest BCUT2D eigenvalue weighted by Crippen LogP contribution is -1.95. The van der Waals surface area contributed by atoms with Crippen LogP contribution in [0.25, 0.3) is 22.4 Å². The molecule has 0 radical (unpaired) electrons. The summed E-state index contributed by atoms with van der Waals surface area (Å²) in [6.07, 6.45) is 2.45. The minimum atomic E-state index is 0.680. The van der Waals surface area contributed by atoms with E-state index in [0.29, 0.717) is 6.41 Å². The molecule has 0 saturated heterocycles. The molecule has 1 N–H and O–H groups in total. The summed E-state index contributed by atoms with van der Waals surface area (Å²) in [7, 11) is 0. The number of hydrogen-bond acceptors (Lipinski definition) is 2. The molecule has 0 saturated carbocycles. The summed E-state index contributed by atoms with van der Waals surface area (Å²) >= 11 is 0. The lowest BCUT2D eigenvalue weighted by atomic mass is 9.96. The summed E-state index contributed by atoms with van der Waals surface area (Å²) in [5.41, 5.74) is 4.84. The Morgan fingerprint density at radius 1 is 0.857 bits per heavy atom. The Bertz CT molecular complexity index is 740. The van der Waals surface area contributed by atoms with Crippen molar-refractivity contribution in [2.45, 2.75) is 0 Å². The Kier molecular flexibility index (Phi) is 3.74. The molecule has 3 aromatic rings. The maximum atomic E-state index is 10.7. The van der Waals surface area contributed by atoms with E-state index in [-0.39, 0.29) is 0 Å². The molecule has 1 amide bonds. The second-order valence-corrected chi connectivity index (χ2v) is 4.60. The summed E-state index contributed by atoms with van der Waals surface area (Å²) in [6, 6.07) is 21.8. The highest BCUT2D eigenvalue weighted by Crippen LogP contribution is 2.33. The highest BCUT2D eigenvalue weighted by Gasteiger charge is 2.09. The van der Waals surface area contributed by atoms with Crippen molar-refractivity contribution in [1.82, 2.24) is 4.98 Å². The van der Waals surface area contributed by atoms with E-state index in [1.165, 1.54) is 0 Å². The van der Waals surface area contributed by atoms with Crippen molar-refractivity contribution >= 4 is 12.1 Å². The third-order valence-electron chi connectivity index (χ3n) is 3.27. The number of carbonyl (C=O) groups excluding carboxylic acids is 1. The number of hydrogen-bond donors (Lipinski definition) is 1. The van der Waals surface area contributed by atoms with Gasteiger partial charge in [-0.1, -0.05) is 42.5 Å². The van der Waals surface area contributed by atoms with Crippen LogP contribution in [0.5, 0.6) is 0 Å². The van der Waals surface area contributed by atoms with E-state index in [4.69, 9.17) is 0 Å². The third kappa shape index (κ3) is 2.82. The van der Waals surface area contributed by atoms with Crippen LogP contribution in [-0.4, -0.2) is 11.4 Å². The normalized spacial score (nSPS) is 10.1. The second-order valence-electron chi connectivity index (χ2n) is 4.60. The lowest BCUT2D eigenvalue weighted by Gasteiger charge is -2.11. The van der Waals surface area contributed by atoms with Gasteiger partial charge in [0.15, 0.2) is 0 Å². The number of anilines is 1. The molecule has 2 aromatic carbocycles. The summed E-state index contributed by atoms with van der Waals surface area (Å²) in [5.74, 6) is 0. The Morgan fingerprint density at radius 3 is 2.38 bits per heavy atom. The molecule has 0 unspecified atom stereocenters. The van der Waals surface area contributed by atoms with Crippen LogP contribution >= 0.6 is 0 Å². The molecule has 1 aromatic heterocycles. The molecule has 1 heterocycles. The lowest BCUT2D eigenvalue weighted by molar-refractivity contribution is -0.105. The number of rotatable bonds is 4. The molecule has 0 aliphatic rings. The second kappa shape index (κ2) is 6.01. The van der Waals surface area contributed by atoms with Crippen molar-refractivity contribution in [3.8, 4) is 22.4 Å². The van der Waals surface area contributed by atoms with Crippen molar-refractivity contribution in [2.75, 3.05) is 5.32 Å². The molecular formula is C18H14N2O. The van der Waals surface area contributed by atoms with Crippen molar-refractivity contribution in [3.63, 3.8) is 0 Å². The van der Waals surface area contributed by atoms with Crippen molar-refractivity contribution in [3.05, 3.63) is 72.9 Å². The van der Waals surface area contributed by atoms with Crippen LogP contribution in [0, 0.1) is 0 Å². The summed E-state index contributed by atoms with van der Waals surface area (Å²) < 4.78 is 0. The zero-order valence-electron chi connectivity index (χ0n) is 11.4. The van der Waals surface area contributed by atoms with Gasteiger partial charge in [0, 0.05) is 17.4 Å². The summed E-state index contributed by atoms with van der Waals surface area (Å²) in [4.78, 5) is 15.1. The van der Waals surface area contributed by atoms with Crippen molar-refractivity contribution < 1.29 is 4.79 Å². The maximum absolute atomic E-state index is 10.7. The van der Waals surface area contributed by atoms with Gasteiger partial charge in [-0.3, -0.25) is 9.78 Å². The van der Waals surface area contributed by atoms with E-state index >= 15 is 0 Å². The van der Waals surface area contributed by atoms with Gasteiger partial charge in [-0.05, 0) is 35.4 Å². The van der Waals surface area contributed by atoms with E-state index in [1.54, 1.807) is 6.20 Å². The number of benzene rings is 2. The predicted octanol–water partition coefficient (Wildman–Crippen LogP) is 3.98. The number of carbonyl (C=O) groups is 1. The minimum absolute atomic E-state index is 0.680. The van der Waals surface area contributed by atoms with Gasteiger partial charge in [0.25, 0.3) is 0 Å². The first-order chi connectivity index (χ1) is 10.4. The Labute approximate surface area is 123 Å². The van der Waals surface area contributed by atoms with Gasteiger partial charge in [0.2, 0.25) is 6.41 Å². The van der Waals surface area contributed by atoms with E-state index in [9.17, 15) is 4.79 Å². The summed E-state index contributed by atoms with van der Waals surface area (Å²) in [6.45, 7) is 0. The standard InChI is InChI=1S/C18H14N2O/c21-13-20-15-9-10-16(14-6-2-1-3-7-14)17(12-15)18-8-4-5-11-19-18/h1-13H,(H,20,21). The van der Waals surface area contributed by atoms with Crippen LogP contribution in [0.1, 0.15) is 0 Å². The molecule has 0 aliphatic carbocycles. The van der Waals surface area contributed by atoms with E-state index < -0.39 is 0 Å². The van der Waals surface area contributed by atoms with Gasteiger partial charge in [-0.15, -0.1) is 0 Å². The topological polar surface area (TPSA) is 42.0 Å². The van der Waals surface area contributed by atoms with Crippen LogP contribution in [0.3, 0.4) is 0 Å². The molecule has 0 bridgehead atoms.